The van der Waals surface area contributed by atoms with E-state index in [1.807, 2.05) is 0 Å². The third-order valence-electron chi connectivity index (χ3n) is 2.33. The van der Waals surface area contributed by atoms with Gasteiger partial charge in [0, 0.05) is 5.56 Å². The summed E-state index contributed by atoms with van der Waals surface area (Å²) < 4.78 is 30.9. The van der Waals surface area contributed by atoms with Crippen LogP contribution in [0.25, 0.3) is 0 Å². The van der Waals surface area contributed by atoms with Crippen molar-refractivity contribution in [2.45, 2.75) is 19.4 Å². The molecular weight excluding hydrogens is 244 g/mol. The molecular formula is C12H13F2NO3. The van der Waals surface area contributed by atoms with Crippen LogP contribution in [0.3, 0.4) is 0 Å². The van der Waals surface area contributed by atoms with Gasteiger partial charge in [0.2, 0.25) is 5.91 Å². The molecule has 4 nitrogen and oxygen atoms in total. The van der Waals surface area contributed by atoms with Crippen LogP contribution in [0.4, 0.5) is 8.78 Å². The van der Waals surface area contributed by atoms with E-state index >= 15 is 0 Å². The van der Waals surface area contributed by atoms with Crippen LogP contribution >= 0.6 is 0 Å². The number of esters is 1. The molecule has 0 radical (unpaired) electrons. The van der Waals surface area contributed by atoms with Crippen LogP contribution in [0.1, 0.15) is 12.5 Å². The van der Waals surface area contributed by atoms with E-state index in [2.05, 4.69) is 10.1 Å². The van der Waals surface area contributed by atoms with Crippen molar-refractivity contribution in [2.24, 2.45) is 0 Å². The van der Waals surface area contributed by atoms with E-state index in [4.69, 9.17) is 0 Å². The second-order valence-corrected chi connectivity index (χ2v) is 3.69. The molecule has 0 heterocycles. The van der Waals surface area contributed by atoms with Crippen LogP contribution in [0.5, 0.6) is 0 Å². The summed E-state index contributed by atoms with van der Waals surface area (Å²) >= 11 is 0. The Morgan fingerprint density at radius 2 is 1.89 bits per heavy atom. The molecule has 98 valence electrons. The quantitative estimate of drug-likeness (QED) is 0.824. The highest BCUT2D eigenvalue weighted by Gasteiger charge is 2.18. The van der Waals surface area contributed by atoms with Gasteiger partial charge in [0.1, 0.15) is 17.7 Å². The molecule has 0 spiro atoms. The number of nitrogens with one attached hydrogen (secondary N) is 1. The van der Waals surface area contributed by atoms with Crippen molar-refractivity contribution in [3.63, 3.8) is 0 Å². The Balaban J connectivity index is 2.68. The first-order valence-electron chi connectivity index (χ1n) is 5.25. The van der Waals surface area contributed by atoms with Crippen molar-refractivity contribution in [1.29, 1.82) is 0 Å². The van der Waals surface area contributed by atoms with E-state index in [0.29, 0.717) is 0 Å². The highest BCUT2D eigenvalue weighted by atomic mass is 19.1. The lowest BCUT2D eigenvalue weighted by Gasteiger charge is -2.11. The SMILES string of the molecule is COC(=O)C(C)NC(=O)Cc1c(F)cccc1F. The zero-order chi connectivity index (χ0) is 13.7. The fraction of sp³-hybridized carbons (Fsp3) is 0.333. The maximum Gasteiger partial charge on any atom is 0.328 e. The van der Waals surface area contributed by atoms with Gasteiger partial charge in [0.25, 0.3) is 0 Å². The molecule has 1 unspecified atom stereocenters. The molecule has 0 aromatic heterocycles. The summed E-state index contributed by atoms with van der Waals surface area (Å²) in [6.07, 6.45) is -0.472. The lowest BCUT2D eigenvalue weighted by Crippen LogP contribution is -2.40. The van der Waals surface area contributed by atoms with Gasteiger partial charge in [-0.1, -0.05) is 6.07 Å². The smallest absolute Gasteiger partial charge is 0.328 e. The van der Waals surface area contributed by atoms with Gasteiger partial charge in [-0.05, 0) is 19.1 Å². The average molecular weight is 257 g/mol. The predicted molar refractivity (Wildman–Crippen MR) is 59.7 cm³/mol. The van der Waals surface area contributed by atoms with E-state index in [9.17, 15) is 18.4 Å². The van der Waals surface area contributed by atoms with Gasteiger partial charge in [-0.15, -0.1) is 0 Å². The summed E-state index contributed by atoms with van der Waals surface area (Å²) in [6.45, 7) is 1.42. The monoisotopic (exact) mass is 257 g/mol. The molecule has 0 saturated heterocycles. The highest BCUT2D eigenvalue weighted by Crippen LogP contribution is 2.12. The predicted octanol–water partition coefficient (Wildman–Crippen LogP) is 1.18. The first-order valence-corrected chi connectivity index (χ1v) is 5.25. The number of rotatable bonds is 4. The number of methoxy groups -OCH3 is 1. The number of carbonyl (C=O) groups is 2. The van der Waals surface area contributed by atoms with E-state index in [1.54, 1.807) is 0 Å². The van der Waals surface area contributed by atoms with Crippen LogP contribution in [0.15, 0.2) is 18.2 Å². The van der Waals surface area contributed by atoms with Crippen molar-refractivity contribution in [3.05, 3.63) is 35.4 Å². The van der Waals surface area contributed by atoms with Crippen molar-refractivity contribution in [3.8, 4) is 0 Å². The molecule has 1 amide bonds. The number of amides is 1. The van der Waals surface area contributed by atoms with Crippen molar-refractivity contribution < 1.29 is 23.1 Å². The molecule has 0 aliphatic carbocycles. The maximum absolute atomic E-state index is 13.3. The minimum Gasteiger partial charge on any atom is -0.467 e. The topological polar surface area (TPSA) is 55.4 Å². The number of halogens is 2. The van der Waals surface area contributed by atoms with Gasteiger partial charge >= 0.3 is 5.97 Å². The summed E-state index contributed by atoms with van der Waals surface area (Å²) in [4.78, 5) is 22.5. The molecule has 1 aromatic rings. The molecule has 1 N–H and O–H groups in total. The van der Waals surface area contributed by atoms with Crippen LogP contribution in [-0.2, 0) is 20.7 Å². The lowest BCUT2D eigenvalue weighted by molar-refractivity contribution is -0.144. The number of benzene rings is 1. The Bertz CT molecular complexity index is 442. The second-order valence-electron chi connectivity index (χ2n) is 3.69. The molecule has 6 heteroatoms. The summed E-state index contributed by atoms with van der Waals surface area (Å²) in [7, 11) is 1.18. The minimum absolute atomic E-state index is 0.327. The van der Waals surface area contributed by atoms with Gasteiger partial charge in [-0.3, -0.25) is 4.79 Å². The van der Waals surface area contributed by atoms with Crippen LogP contribution < -0.4 is 5.32 Å². The molecule has 1 atom stereocenters. The normalized spacial score (nSPS) is 11.8. The van der Waals surface area contributed by atoms with Gasteiger partial charge in [0.15, 0.2) is 0 Å². The first kappa shape index (κ1) is 14.1. The Morgan fingerprint density at radius 1 is 1.33 bits per heavy atom. The number of carbonyl (C=O) groups excluding carboxylic acids is 2. The third-order valence-corrected chi connectivity index (χ3v) is 2.33. The minimum atomic E-state index is -0.864. The fourth-order valence-corrected chi connectivity index (χ4v) is 1.39. The Morgan fingerprint density at radius 3 is 2.39 bits per heavy atom. The second kappa shape index (κ2) is 6.09. The summed E-state index contributed by atoms with van der Waals surface area (Å²) in [5, 5.41) is 2.29. The molecule has 0 saturated carbocycles. The summed E-state index contributed by atoms with van der Waals surface area (Å²) in [5.74, 6) is -2.87. The van der Waals surface area contributed by atoms with E-state index in [1.165, 1.54) is 20.1 Å². The van der Waals surface area contributed by atoms with Gasteiger partial charge in [-0.2, -0.15) is 0 Å². The fourth-order valence-electron chi connectivity index (χ4n) is 1.39. The summed E-state index contributed by atoms with van der Waals surface area (Å²) in [5.41, 5.74) is -0.327. The Kier molecular flexibility index (Phi) is 4.76. The summed E-state index contributed by atoms with van der Waals surface area (Å²) in [6, 6.07) is 2.48. The number of ether oxygens (including phenoxy) is 1. The van der Waals surface area contributed by atoms with E-state index < -0.39 is 36.0 Å². The van der Waals surface area contributed by atoms with Gasteiger partial charge in [0.05, 0.1) is 13.5 Å². The van der Waals surface area contributed by atoms with Gasteiger partial charge in [-0.25, -0.2) is 13.6 Å². The zero-order valence-corrected chi connectivity index (χ0v) is 10.00. The zero-order valence-electron chi connectivity index (χ0n) is 10.00. The maximum atomic E-state index is 13.3. The molecule has 1 aromatic carbocycles. The molecule has 18 heavy (non-hydrogen) atoms. The van der Waals surface area contributed by atoms with Crippen LogP contribution in [0.2, 0.25) is 0 Å². The standard InChI is InChI=1S/C12H13F2NO3/c1-7(12(17)18-2)15-11(16)6-8-9(13)4-3-5-10(8)14/h3-5,7H,6H2,1-2H3,(H,15,16). The van der Waals surface area contributed by atoms with Crippen LogP contribution in [-0.4, -0.2) is 25.0 Å². The first-order chi connectivity index (χ1) is 8.45. The molecule has 0 fully saturated rings. The van der Waals surface area contributed by atoms with E-state index in [0.717, 1.165) is 12.1 Å². The van der Waals surface area contributed by atoms with Crippen molar-refractivity contribution in [1.82, 2.24) is 5.32 Å². The Hall–Kier alpha value is -1.98. The molecule has 1 rings (SSSR count). The van der Waals surface area contributed by atoms with Crippen LogP contribution in [0, 0.1) is 11.6 Å². The number of hydrogen-bond acceptors (Lipinski definition) is 3. The molecule has 0 aliphatic heterocycles. The highest BCUT2D eigenvalue weighted by molar-refractivity contribution is 5.85. The number of hydrogen-bond donors (Lipinski definition) is 1. The van der Waals surface area contributed by atoms with E-state index in [-0.39, 0.29) is 5.56 Å². The lowest BCUT2D eigenvalue weighted by atomic mass is 10.1. The van der Waals surface area contributed by atoms with Crippen molar-refractivity contribution >= 4 is 11.9 Å². The largest absolute Gasteiger partial charge is 0.467 e. The van der Waals surface area contributed by atoms with Crippen molar-refractivity contribution in [2.75, 3.05) is 7.11 Å². The Labute approximate surface area is 103 Å². The molecule has 0 bridgehead atoms. The average Bonchev–Trinajstić information content (AvgIpc) is 2.32. The van der Waals surface area contributed by atoms with Gasteiger partial charge < -0.3 is 10.1 Å². The third kappa shape index (κ3) is 3.51. The molecule has 0 aliphatic rings.